The number of nitrogens with zero attached hydrogens (tertiary/aromatic N) is 3. The number of hydrogen-bond acceptors (Lipinski definition) is 5. The highest BCUT2D eigenvalue weighted by Gasteiger charge is 2.31. The zero-order valence-corrected chi connectivity index (χ0v) is 13.7. The lowest BCUT2D eigenvalue weighted by Crippen LogP contribution is -2.37. The fourth-order valence-electron chi connectivity index (χ4n) is 3.00. The van der Waals surface area contributed by atoms with Crippen molar-refractivity contribution < 1.29 is 13.5 Å². The third-order valence-electron chi connectivity index (χ3n) is 4.24. The third kappa shape index (κ3) is 3.99. The Kier molecular flexibility index (Phi) is 4.79. The molecule has 0 aliphatic carbocycles. The molecule has 0 spiro atoms. The van der Waals surface area contributed by atoms with Gasteiger partial charge in [-0.15, -0.1) is 0 Å². The predicted octanol–water partition coefficient (Wildman–Crippen LogP) is 0.854. The molecule has 3 rings (SSSR count). The first-order valence-electron chi connectivity index (χ1n) is 7.70. The Hall–Kier alpha value is -1.70. The number of imidazole rings is 1. The van der Waals surface area contributed by atoms with Crippen LogP contribution in [-0.4, -0.2) is 58.7 Å². The maximum Gasteiger partial charge on any atom is 0.151 e. The Morgan fingerprint density at radius 2 is 2.09 bits per heavy atom. The predicted molar refractivity (Wildman–Crippen MR) is 88.1 cm³/mol. The summed E-state index contributed by atoms with van der Waals surface area (Å²) in [7, 11) is -2.92. The van der Waals surface area contributed by atoms with Crippen LogP contribution in [0.4, 0.5) is 0 Å². The van der Waals surface area contributed by atoms with Crippen molar-refractivity contribution >= 4 is 9.84 Å². The minimum atomic E-state index is -2.92. The Labute approximate surface area is 136 Å². The summed E-state index contributed by atoms with van der Waals surface area (Å²) in [5, 5.41) is 9.27. The summed E-state index contributed by atoms with van der Waals surface area (Å²) in [6.45, 7) is 1.16. The smallest absolute Gasteiger partial charge is 0.151 e. The van der Waals surface area contributed by atoms with E-state index in [0.29, 0.717) is 19.5 Å². The van der Waals surface area contributed by atoms with E-state index < -0.39 is 9.84 Å². The lowest BCUT2D eigenvalue weighted by atomic mass is 10.1. The highest BCUT2D eigenvalue weighted by Crippen LogP contribution is 2.20. The van der Waals surface area contributed by atoms with Crippen molar-refractivity contribution in [3.8, 4) is 5.69 Å². The fourth-order valence-corrected chi connectivity index (χ4v) is 4.76. The molecule has 6 nitrogen and oxygen atoms in total. The molecule has 1 saturated heterocycles. The summed E-state index contributed by atoms with van der Waals surface area (Å²) in [6, 6.07) is 8.09. The minimum absolute atomic E-state index is 0.000440. The van der Waals surface area contributed by atoms with E-state index in [-0.39, 0.29) is 24.2 Å². The lowest BCUT2D eigenvalue weighted by molar-refractivity contribution is 0.153. The van der Waals surface area contributed by atoms with E-state index in [0.717, 1.165) is 11.3 Å². The molecule has 0 bridgehead atoms. The van der Waals surface area contributed by atoms with Gasteiger partial charge in [0.2, 0.25) is 0 Å². The molecule has 1 aromatic carbocycles. The second-order valence-electron chi connectivity index (χ2n) is 5.89. The van der Waals surface area contributed by atoms with Crippen molar-refractivity contribution in [2.24, 2.45) is 0 Å². The first-order chi connectivity index (χ1) is 11.1. The van der Waals surface area contributed by atoms with Crippen molar-refractivity contribution in [2.75, 3.05) is 24.7 Å². The average molecular weight is 335 g/mol. The molecule has 1 atom stereocenters. The summed E-state index contributed by atoms with van der Waals surface area (Å²) in [6.07, 6.45) is 6.01. The van der Waals surface area contributed by atoms with E-state index in [9.17, 15) is 13.5 Å². The van der Waals surface area contributed by atoms with Crippen LogP contribution in [0.2, 0.25) is 0 Å². The van der Waals surface area contributed by atoms with Crippen LogP contribution in [0, 0.1) is 0 Å². The molecule has 0 saturated carbocycles. The quantitative estimate of drug-likeness (QED) is 0.847. The molecule has 0 radical (unpaired) electrons. The number of hydrogen-bond donors (Lipinski definition) is 1. The molecule has 1 aliphatic heterocycles. The van der Waals surface area contributed by atoms with Crippen LogP contribution in [0.15, 0.2) is 43.0 Å². The van der Waals surface area contributed by atoms with Gasteiger partial charge in [-0.25, -0.2) is 13.4 Å². The highest BCUT2D eigenvalue weighted by molar-refractivity contribution is 7.91. The number of aromatic nitrogens is 2. The molecule has 23 heavy (non-hydrogen) atoms. The van der Waals surface area contributed by atoms with Gasteiger partial charge in [0, 0.05) is 37.2 Å². The minimum Gasteiger partial charge on any atom is -0.395 e. The van der Waals surface area contributed by atoms with E-state index in [1.165, 1.54) is 0 Å². The van der Waals surface area contributed by atoms with Crippen LogP contribution in [0.3, 0.4) is 0 Å². The zero-order valence-electron chi connectivity index (χ0n) is 12.9. The Bertz CT molecular complexity index is 726. The molecule has 0 amide bonds. The van der Waals surface area contributed by atoms with Gasteiger partial charge in [-0.05, 0) is 24.1 Å². The number of rotatable bonds is 6. The van der Waals surface area contributed by atoms with Gasteiger partial charge in [-0.3, -0.25) is 4.90 Å². The Morgan fingerprint density at radius 1 is 1.30 bits per heavy atom. The number of aliphatic hydroxyl groups excluding tert-OH is 1. The van der Waals surface area contributed by atoms with Crippen molar-refractivity contribution in [1.29, 1.82) is 0 Å². The van der Waals surface area contributed by atoms with Gasteiger partial charge in [0.25, 0.3) is 0 Å². The Morgan fingerprint density at radius 3 is 2.65 bits per heavy atom. The monoisotopic (exact) mass is 335 g/mol. The van der Waals surface area contributed by atoms with Crippen LogP contribution in [0.25, 0.3) is 5.69 Å². The van der Waals surface area contributed by atoms with E-state index in [4.69, 9.17) is 0 Å². The fraction of sp³-hybridized carbons (Fsp3) is 0.438. The van der Waals surface area contributed by atoms with Gasteiger partial charge in [-0.2, -0.15) is 0 Å². The Balaban J connectivity index is 1.70. The van der Waals surface area contributed by atoms with Crippen molar-refractivity contribution in [3.63, 3.8) is 0 Å². The molecule has 2 aromatic rings. The number of aliphatic hydroxyl groups is 1. The van der Waals surface area contributed by atoms with E-state index in [1.807, 2.05) is 35.0 Å². The summed E-state index contributed by atoms with van der Waals surface area (Å²) < 4.78 is 25.3. The molecule has 1 aromatic heterocycles. The third-order valence-corrected chi connectivity index (χ3v) is 5.99. The van der Waals surface area contributed by atoms with Crippen LogP contribution < -0.4 is 0 Å². The second-order valence-corrected chi connectivity index (χ2v) is 8.12. The molecular weight excluding hydrogens is 314 g/mol. The molecule has 1 aliphatic rings. The molecule has 7 heteroatoms. The highest BCUT2D eigenvalue weighted by atomic mass is 32.2. The molecule has 2 heterocycles. The number of sulfone groups is 1. The van der Waals surface area contributed by atoms with Gasteiger partial charge in [0.1, 0.15) is 0 Å². The van der Waals surface area contributed by atoms with E-state index in [2.05, 4.69) is 9.88 Å². The molecule has 1 fully saturated rings. The molecule has 124 valence electrons. The normalized spacial score (nSPS) is 20.2. The van der Waals surface area contributed by atoms with Gasteiger partial charge in [0.15, 0.2) is 9.84 Å². The van der Waals surface area contributed by atoms with Gasteiger partial charge in [0.05, 0.1) is 24.4 Å². The van der Waals surface area contributed by atoms with Gasteiger partial charge < -0.3 is 9.67 Å². The lowest BCUT2D eigenvalue weighted by Gasteiger charge is -2.27. The van der Waals surface area contributed by atoms with Crippen LogP contribution in [-0.2, 0) is 16.4 Å². The van der Waals surface area contributed by atoms with Crippen LogP contribution >= 0.6 is 0 Å². The van der Waals surface area contributed by atoms with E-state index in [1.54, 1.807) is 12.5 Å². The first kappa shape index (κ1) is 16.2. The second kappa shape index (κ2) is 6.82. The van der Waals surface area contributed by atoms with Crippen LogP contribution in [0.5, 0.6) is 0 Å². The van der Waals surface area contributed by atoms with Gasteiger partial charge >= 0.3 is 0 Å². The van der Waals surface area contributed by atoms with Crippen LogP contribution in [0.1, 0.15) is 12.0 Å². The molecular formula is C16H21N3O3S. The van der Waals surface area contributed by atoms with Gasteiger partial charge in [-0.1, -0.05) is 12.1 Å². The van der Waals surface area contributed by atoms with E-state index >= 15 is 0 Å². The standard InChI is InChI=1S/C16H21N3O3S/c20-9-8-18(16-5-10-23(21,22)12-16)11-14-1-3-15(4-2-14)19-7-6-17-13-19/h1-4,6-7,13,16,20H,5,8-12H2. The zero-order chi connectivity index (χ0) is 16.3. The average Bonchev–Trinajstić information content (AvgIpc) is 3.17. The summed E-state index contributed by atoms with van der Waals surface area (Å²) >= 11 is 0. The SMILES string of the molecule is O=S1(=O)CCC(N(CCO)Cc2ccc(-n3ccnc3)cc2)C1. The molecule has 1 N–H and O–H groups in total. The van der Waals surface area contributed by atoms with Crippen molar-refractivity contribution in [3.05, 3.63) is 48.5 Å². The molecule has 1 unspecified atom stereocenters. The van der Waals surface area contributed by atoms with Crippen molar-refractivity contribution in [2.45, 2.75) is 19.0 Å². The summed E-state index contributed by atoms with van der Waals surface area (Å²) in [4.78, 5) is 6.10. The maximum atomic E-state index is 11.7. The maximum absolute atomic E-state index is 11.7. The summed E-state index contributed by atoms with van der Waals surface area (Å²) in [5.74, 6) is 0.444. The summed E-state index contributed by atoms with van der Waals surface area (Å²) in [5.41, 5.74) is 2.13. The largest absolute Gasteiger partial charge is 0.395 e. The number of benzene rings is 1. The van der Waals surface area contributed by atoms with Crippen molar-refractivity contribution in [1.82, 2.24) is 14.5 Å². The first-order valence-corrected chi connectivity index (χ1v) is 9.52. The topological polar surface area (TPSA) is 75.4 Å².